The molecule has 6 nitrogen and oxygen atoms in total. The van der Waals surface area contributed by atoms with Gasteiger partial charge in [-0.05, 0) is 31.2 Å². The van der Waals surface area contributed by atoms with Crippen LogP contribution in [0.4, 0.5) is 5.69 Å². The SMILES string of the molecule is CC1=NN(c2ccccc2)C(=O)C12CC(c1ccccc1)=[N+]([O-])O2. The minimum Gasteiger partial charge on any atom is -0.380 e. The summed E-state index contributed by atoms with van der Waals surface area (Å²) in [7, 11) is 0. The number of nitrogens with zero attached hydrogens (tertiary/aromatic N) is 3. The van der Waals surface area contributed by atoms with Gasteiger partial charge in [0.1, 0.15) is 0 Å². The van der Waals surface area contributed by atoms with E-state index in [4.69, 9.17) is 4.84 Å². The van der Waals surface area contributed by atoms with Gasteiger partial charge in [-0.2, -0.15) is 10.1 Å². The Morgan fingerprint density at radius 3 is 2.42 bits per heavy atom. The van der Waals surface area contributed by atoms with Crippen molar-refractivity contribution < 1.29 is 14.5 Å². The molecule has 2 aromatic rings. The van der Waals surface area contributed by atoms with Crippen LogP contribution in [0.5, 0.6) is 0 Å². The Bertz CT molecular complexity index is 862. The summed E-state index contributed by atoms with van der Waals surface area (Å²) in [6.45, 7) is 1.71. The minimum atomic E-state index is -1.36. The van der Waals surface area contributed by atoms with Crippen LogP contribution in [0.2, 0.25) is 0 Å². The molecular formula is C18H15N3O3. The lowest BCUT2D eigenvalue weighted by Gasteiger charge is -2.23. The predicted octanol–water partition coefficient (Wildman–Crippen LogP) is 2.48. The molecule has 0 saturated heterocycles. The maximum atomic E-state index is 13.0. The van der Waals surface area contributed by atoms with E-state index in [1.54, 1.807) is 19.1 Å². The smallest absolute Gasteiger partial charge is 0.276 e. The second-order valence-electron chi connectivity index (χ2n) is 5.80. The zero-order valence-electron chi connectivity index (χ0n) is 13.0. The molecule has 0 saturated carbocycles. The van der Waals surface area contributed by atoms with Crippen molar-refractivity contribution >= 4 is 23.0 Å². The van der Waals surface area contributed by atoms with Gasteiger partial charge in [0.15, 0.2) is 0 Å². The Hall–Kier alpha value is -3.15. The lowest BCUT2D eigenvalue weighted by molar-refractivity contribution is -0.742. The zero-order chi connectivity index (χ0) is 16.7. The summed E-state index contributed by atoms with van der Waals surface area (Å²) in [5.74, 6) is -0.349. The number of anilines is 1. The minimum absolute atomic E-state index is 0.165. The largest absolute Gasteiger partial charge is 0.380 e. The van der Waals surface area contributed by atoms with Crippen molar-refractivity contribution in [2.24, 2.45) is 5.10 Å². The highest BCUT2D eigenvalue weighted by atomic mass is 16.9. The topological polar surface area (TPSA) is 68.0 Å². The number of hydrazone groups is 1. The zero-order valence-corrected chi connectivity index (χ0v) is 13.0. The molecule has 120 valence electrons. The molecule has 1 unspecified atom stereocenters. The average Bonchev–Trinajstić information content (AvgIpc) is 3.09. The fourth-order valence-corrected chi connectivity index (χ4v) is 3.02. The van der Waals surface area contributed by atoms with Crippen LogP contribution in [-0.4, -0.2) is 27.8 Å². The molecule has 2 aromatic carbocycles. The summed E-state index contributed by atoms with van der Waals surface area (Å²) < 4.78 is 0. The van der Waals surface area contributed by atoms with Crippen LogP contribution >= 0.6 is 0 Å². The molecule has 0 bridgehead atoms. The maximum absolute atomic E-state index is 13.0. The van der Waals surface area contributed by atoms with Crippen molar-refractivity contribution in [1.82, 2.24) is 0 Å². The van der Waals surface area contributed by atoms with Gasteiger partial charge in [0.05, 0.1) is 17.8 Å². The molecule has 0 fully saturated rings. The van der Waals surface area contributed by atoms with Crippen LogP contribution in [0.15, 0.2) is 65.8 Å². The van der Waals surface area contributed by atoms with Gasteiger partial charge >= 0.3 is 0 Å². The number of carbonyl (C=O) groups excluding carboxylic acids is 1. The highest BCUT2D eigenvalue weighted by Crippen LogP contribution is 2.36. The van der Waals surface area contributed by atoms with Gasteiger partial charge in [-0.3, -0.25) is 10.0 Å². The second-order valence-corrected chi connectivity index (χ2v) is 5.80. The third-order valence-electron chi connectivity index (χ3n) is 4.36. The highest BCUT2D eigenvalue weighted by Gasteiger charge is 2.56. The molecule has 24 heavy (non-hydrogen) atoms. The summed E-state index contributed by atoms with van der Waals surface area (Å²) in [6, 6.07) is 18.3. The van der Waals surface area contributed by atoms with Crippen molar-refractivity contribution in [3.8, 4) is 0 Å². The number of hydrogen-bond donors (Lipinski definition) is 0. The van der Waals surface area contributed by atoms with Crippen LogP contribution in [0.25, 0.3) is 0 Å². The number of benzene rings is 2. The van der Waals surface area contributed by atoms with Crippen LogP contribution in [0, 0.1) is 5.21 Å². The van der Waals surface area contributed by atoms with E-state index in [0.29, 0.717) is 22.0 Å². The molecule has 2 aliphatic rings. The summed E-state index contributed by atoms with van der Waals surface area (Å²) >= 11 is 0. The molecule has 6 heteroatoms. The predicted molar refractivity (Wildman–Crippen MR) is 89.6 cm³/mol. The van der Waals surface area contributed by atoms with Crippen molar-refractivity contribution in [2.75, 3.05) is 5.01 Å². The fraction of sp³-hybridized carbons (Fsp3) is 0.167. The van der Waals surface area contributed by atoms with Crippen LogP contribution in [-0.2, 0) is 9.63 Å². The fourth-order valence-electron chi connectivity index (χ4n) is 3.02. The first-order valence-electron chi connectivity index (χ1n) is 7.65. The number of para-hydroxylation sites is 1. The van der Waals surface area contributed by atoms with Gasteiger partial charge < -0.3 is 4.84 Å². The molecule has 0 radical (unpaired) electrons. The van der Waals surface area contributed by atoms with Gasteiger partial charge in [-0.15, -0.1) is 0 Å². The quantitative estimate of drug-likeness (QED) is 0.798. The van der Waals surface area contributed by atoms with Gasteiger partial charge in [-0.25, -0.2) is 0 Å². The van der Waals surface area contributed by atoms with E-state index in [0.717, 1.165) is 5.56 Å². The first kappa shape index (κ1) is 14.4. The number of rotatable bonds is 2. The summed E-state index contributed by atoms with van der Waals surface area (Å²) in [5, 5.41) is 17.9. The van der Waals surface area contributed by atoms with Crippen molar-refractivity contribution in [3.63, 3.8) is 0 Å². The summed E-state index contributed by atoms with van der Waals surface area (Å²) in [5.41, 5.74) is 0.926. The monoisotopic (exact) mass is 321 g/mol. The van der Waals surface area contributed by atoms with Gasteiger partial charge in [0.2, 0.25) is 5.60 Å². The Kier molecular flexibility index (Phi) is 3.13. The molecule has 0 aliphatic carbocycles. The van der Waals surface area contributed by atoms with E-state index in [2.05, 4.69) is 5.10 Å². The standard InChI is InChI=1S/C18H15N3O3/c1-13-18(17(22)20(19-13)15-10-6-3-7-11-15)12-16(21(23)24-18)14-8-4-2-5-9-14/h2-11H,12H2,1H3. The average molecular weight is 321 g/mol. The van der Waals surface area contributed by atoms with Gasteiger partial charge in [-0.1, -0.05) is 36.4 Å². The summed E-state index contributed by atoms with van der Waals surface area (Å²) in [6.07, 6.45) is 0.165. The van der Waals surface area contributed by atoms with E-state index < -0.39 is 5.60 Å². The Labute approximate surface area is 138 Å². The van der Waals surface area contributed by atoms with E-state index in [1.165, 1.54) is 5.01 Å². The third kappa shape index (κ3) is 2.00. The molecule has 2 aliphatic heterocycles. The normalized spacial score (nSPS) is 23.0. The van der Waals surface area contributed by atoms with E-state index in [-0.39, 0.29) is 12.3 Å². The van der Waals surface area contributed by atoms with Crippen molar-refractivity contribution in [1.29, 1.82) is 0 Å². The van der Waals surface area contributed by atoms with Crippen LogP contribution < -0.4 is 5.01 Å². The van der Waals surface area contributed by atoms with Crippen molar-refractivity contribution in [3.05, 3.63) is 71.4 Å². The molecule has 0 N–H and O–H groups in total. The molecule has 4 rings (SSSR count). The van der Waals surface area contributed by atoms with Gasteiger partial charge in [0.25, 0.3) is 11.6 Å². The second kappa shape index (κ2) is 5.19. The lowest BCUT2D eigenvalue weighted by atomic mass is 9.90. The van der Waals surface area contributed by atoms with E-state index in [9.17, 15) is 10.0 Å². The van der Waals surface area contributed by atoms with Crippen LogP contribution in [0.1, 0.15) is 18.9 Å². The van der Waals surface area contributed by atoms with Crippen LogP contribution in [0.3, 0.4) is 0 Å². The first-order chi connectivity index (χ1) is 11.6. The molecule has 1 spiro atoms. The number of hydrogen-bond acceptors (Lipinski definition) is 4. The van der Waals surface area contributed by atoms with E-state index in [1.807, 2.05) is 48.5 Å². The molecule has 0 aromatic heterocycles. The highest BCUT2D eigenvalue weighted by molar-refractivity contribution is 6.24. The Morgan fingerprint density at radius 1 is 1.12 bits per heavy atom. The van der Waals surface area contributed by atoms with E-state index >= 15 is 0 Å². The first-order valence-corrected chi connectivity index (χ1v) is 7.65. The number of amides is 1. The number of carbonyl (C=O) groups is 1. The molecule has 1 amide bonds. The lowest BCUT2D eigenvalue weighted by Crippen LogP contribution is -2.46. The third-order valence-corrected chi connectivity index (χ3v) is 4.36. The summed E-state index contributed by atoms with van der Waals surface area (Å²) in [4.78, 5) is 18.9. The molecule has 2 heterocycles. The maximum Gasteiger partial charge on any atom is 0.276 e. The Balaban J connectivity index is 1.69. The Morgan fingerprint density at radius 2 is 1.75 bits per heavy atom. The molecular weight excluding hydrogens is 306 g/mol. The molecule has 1 atom stereocenters. The van der Waals surface area contributed by atoms with Gasteiger partial charge in [0, 0.05) is 10.5 Å². The van der Waals surface area contributed by atoms with Crippen molar-refractivity contribution in [2.45, 2.75) is 18.9 Å².